The second kappa shape index (κ2) is 8.00. The zero-order chi connectivity index (χ0) is 14.2. The molecule has 2 N–H and O–H groups in total. The topological polar surface area (TPSA) is 50.4 Å². The first-order valence-electron chi connectivity index (χ1n) is 7.17. The molecule has 20 heavy (non-hydrogen) atoms. The second-order valence-corrected chi connectivity index (χ2v) is 5.42. The molecule has 110 valence electrons. The van der Waals surface area contributed by atoms with Gasteiger partial charge in [0.1, 0.15) is 12.4 Å². The van der Waals surface area contributed by atoms with Crippen LogP contribution in [0.25, 0.3) is 0 Å². The van der Waals surface area contributed by atoms with E-state index in [1.165, 1.54) is 19.3 Å². The summed E-state index contributed by atoms with van der Waals surface area (Å²) in [7, 11) is 0. The molecule has 1 aliphatic carbocycles. The normalized spacial score (nSPS) is 15.7. The van der Waals surface area contributed by atoms with Gasteiger partial charge in [-0.05, 0) is 25.0 Å². The fourth-order valence-corrected chi connectivity index (χ4v) is 2.56. The highest BCUT2D eigenvalue weighted by Crippen LogP contribution is 2.22. The van der Waals surface area contributed by atoms with E-state index >= 15 is 0 Å². The van der Waals surface area contributed by atoms with Gasteiger partial charge in [-0.2, -0.15) is 0 Å². The van der Waals surface area contributed by atoms with E-state index in [2.05, 4.69) is 10.6 Å². The molecule has 1 saturated carbocycles. The number of carbonyl (C=O) groups excluding carboxylic acids is 1. The molecule has 0 aromatic heterocycles. The molecule has 2 amide bonds. The Morgan fingerprint density at radius 3 is 2.75 bits per heavy atom. The molecule has 0 atom stereocenters. The predicted octanol–water partition coefficient (Wildman–Crippen LogP) is 3.35. The van der Waals surface area contributed by atoms with E-state index in [9.17, 15) is 4.79 Å². The SMILES string of the molecule is O=C(NCCOc1ccccc1Cl)NC1CCCCC1. The highest BCUT2D eigenvalue weighted by Gasteiger charge is 2.15. The van der Waals surface area contributed by atoms with Crippen LogP contribution >= 0.6 is 11.6 Å². The van der Waals surface area contributed by atoms with Crippen molar-refractivity contribution in [3.05, 3.63) is 29.3 Å². The van der Waals surface area contributed by atoms with Crippen molar-refractivity contribution in [2.45, 2.75) is 38.1 Å². The van der Waals surface area contributed by atoms with Gasteiger partial charge in [0.05, 0.1) is 11.6 Å². The third kappa shape index (κ3) is 4.93. The maximum Gasteiger partial charge on any atom is 0.315 e. The first kappa shape index (κ1) is 15.0. The Labute approximate surface area is 124 Å². The van der Waals surface area contributed by atoms with Crippen molar-refractivity contribution in [1.29, 1.82) is 0 Å². The van der Waals surface area contributed by atoms with Gasteiger partial charge in [-0.1, -0.05) is 43.0 Å². The van der Waals surface area contributed by atoms with Crippen LogP contribution in [0.1, 0.15) is 32.1 Å². The maximum atomic E-state index is 11.7. The van der Waals surface area contributed by atoms with Crippen LogP contribution in [0.4, 0.5) is 4.79 Å². The maximum absolute atomic E-state index is 11.7. The number of ether oxygens (including phenoxy) is 1. The summed E-state index contributed by atoms with van der Waals surface area (Å²) in [6.07, 6.45) is 5.87. The van der Waals surface area contributed by atoms with E-state index in [4.69, 9.17) is 16.3 Å². The molecule has 5 heteroatoms. The molecule has 0 unspecified atom stereocenters. The third-order valence-corrected chi connectivity index (χ3v) is 3.73. The summed E-state index contributed by atoms with van der Waals surface area (Å²) >= 11 is 5.97. The van der Waals surface area contributed by atoms with Gasteiger partial charge in [0, 0.05) is 6.04 Å². The molecule has 0 saturated heterocycles. The fraction of sp³-hybridized carbons (Fsp3) is 0.533. The summed E-state index contributed by atoms with van der Waals surface area (Å²) in [6.45, 7) is 0.867. The molecule has 1 aliphatic rings. The van der Waals surface area contributed by atoms with Crippen LogP contribution in [0.15, 0.2) is 24.3 Å². The molecular formula is C15H21ClN2O2. The first-order chi connectivity index (χ1) is 9.75. The number of amides is 2. The van der Waals surface area contributed by atoms with E-state index in [1.54, 1.807) is 6.07 Å². The molecule has 0 heterocycles. The number of hydrogen-bond donors (Lipinski definition) is 2. The average molecular weight is 297 g/mol. The zero-order valence-electron chi connectivity index (χ0n) is 11.5. The van der Waals surface area contributed by atoms with E-state index in [0.717, 1.165) is 12.8 Å². The minimum absolute atomic E-state index is 0.111. The average Bonchev–Trinajstić information content (AvgIpc) is 2.46. The van der Waals surface area contributed by atoms with Crippen LogP contribution in [0, 0.1) is 0 Å². The largest absolute Gasteiger partial charge is 0.490 e. The van der Waals surface area contributed by atoms with Crippen molar-refractivity contribution in [3.8, 4) is 5.75 Å². The summed E-state index contributed by atoms with van der Waals surface area (Å²) < 4.78 is 5.50. The highest BCUT2D eigenvalue weighted by atomic mass is 35.5. The third-order valence-electron chi connectivity index (χ3n) is 3.42. The molecule has 1 fully saturated rings. The molecule has 0 radical (unpaired) electrons. The molecule has 0 aliphatic heterocycles. The van der Waals surface area contributed by atoms with Crippen molar-refractivity contribution in [2.24, 2.45) is 0 Å². The Morgan fingerprint density at radius 2 is 2.00 bits per heavy atom. The standard InChI is InChI=1S/C15H21ClN2O2/c16-13-8-4-5-9-14(13)20-11-10-17-15(19)18-12-6-2-1-3-7-12/h4-5,8-9,12H,1-3,6-7,10-11H2,(H2,17,18,19). The summed E-state index contributed by atoms with van der Waals surface area (Å²) in [5.41, 5.74) is 0. The van der Waals surface area contributed by atoms with Gasteiger partial charge in [0.15, 0.2) is 0 Å². The van der Waals surface area contributed by atoms with Gasteiger partial charge in [0.2, 0.25) is 0 Å². The van der Waals surface area contributed by atoms with Crippen LogP contribution in [0.2, 0.25) is 5.02 Å². The molecule has 1 aromatic carbocycles. The number of benzene rings is 1. The van der Waals surface area contributed by atoms with Crippen molar-refractivity contribution in [2.75, 3.05) is 13.2 Å². The molecule has 0 spiro atoms. The number of halogens is 1. The van der Waals surface area contributed by atoms with Gasteiger partial charge < -0.3 is 15.4 Å². The van der Waals surface area contributed by atoms with Crippen molar-refractivity contribution < 1.29 is 9.53 Å². The molecular weight excluding hydrogens is 276 g/mol. The summed E-state index contributed by atoms with van der Waals surface area (Å²) in [4.78, 5) is 11.7. The van der Waals surface area contributed by atoms with Gasteiger partial charge in [-0.15, -0.1) is 0 Å². The lowest BCUT2D eigenvalue weighted by molar-refractivity contribution is 0.228. The lowest BCUT2D eigenvalue weighted by Crippen LogP contribution is -2.44. The number of urea groups is 1. The Bertz CT molecular complexity index is 434. The van der Waals surface area contributed by atoms with Crippen molar-refractivity contribution in [3.63, 3.8) is 0 Å². The Hall–Kier alpha value is -1.42. The zero-order valence-corrected chi connectivity index (χ0v) is 12.3. The minimum Gasteiger partial charge on any atom is -0.490 e. The molecule has 4 nitrogen and oxygen atoms in total. The van der Waals surface area contributed by atoms with Crippen molar-refractivity contribution >= 4 is 17.6 Å². The summed E-state index contributed by atoms with van der Waals surface area (Å²) in [5.74, 6) is 0.642. The Balaban J connectivity index is 1.60. The van der Waals surface area contributed by atoms with Gasteiger partial charge >= 0.3 is 6.03 Å². The smallest absolute Gasteiger partial charge is 0.315 e. The van der Waals surface area contributed by atoms with Crippen LogP contribution in [-0.2, 0) is 0 Å². The van der Waals surface area contributed by atoms with Gasteiger partial charge in [0.25, 0.3) is 0 Å². The fourth-order valence-electron chi connectivity index (χ4n) is 2.37. The van der Waals surface area contributed by atoms with Crippen LogP contribution < -0.4 is 15.4 Å². The Kier molecular flexibility index (Phi) is 5.99. The van der Waals surface area contributed by atoms with E-state index in [-0.39, 0.29) is 6.03 Å². The Morgan fingerprint density at radius 1 is 1.25 bits per heavy atom. The number of rotatable bonds is 5. The lowest BCUT2D eigenvalue weighted by atomic mass is 9.96. The van der Waals surface area contributed by atoms with E-state index < -0.39 is 0 Å². The van der Waals surface area contributed by atoms with E-state index in [1.807, 2.05) is 18.2 Å². The molecule has 0 bridgehead atoms. The highest BCUT2D eigenvalue weighted by molar-refractivity contribution is 6.32. The number of nitrogens with one attached hydrogen (secondary N) is 2. The number of carbonyl (C=O) groups is 1. The summed E-state index contributed by atoms with van der Waals surface area (Å²) in [5, 5.41) is 6.38. The molecule has 1 aromatic rings. The lowest BCUT2D eigenvalue weighted by Gasteiger charge is -2.22. The second-order valence-electron chi connectivity index (χ2n) is 5.01. The minimum atomic E-state index is -0.111. The van der Waals surface area contributed by atoms with Crippen LogP contribution in [0.3, 0.4) is 0 Å². The summed E-state index contributed by atoms with van der Waals surface area (Å²) in [6, 6.07) is 7.52. The van der Waals surface area contributed by atoms with Gasteiger partial charge in [-0.25, -0.2) is 4.79 Å². The van der Waals surface area contributed by atoms with Crippen LogP contribution in [-0.4, -0.2) is 25.2 Å². The van der Waals surface area contributed by atoms with Crippen LogP contribution in [0.5, 0.6) is 5.75 Å². The first-order valence-corrected chi connectivity index (χ1v) is 7.55. The monoisotopic (exact) mass is 296 g/mol. The number of para-hydroxylation sites is 1. The quantitative estimate of drug-likeness (QED) is 0.819. The predicted molar refractivity (Wildman–Crippen MR) is 80.4 cm³/mol. The van der Waals surface area contributed by atoms with Crippen molar-refractivity contribution in [1.82, 2.24) is 10.6 Å². The number of hydrogen-bond acceptors (Lipinski definition) is 2. The van der Waals surface area contributed by atoms with E-state index in [0.29, 0.717) is 30.0 Å². The van der Waals surface area contributed by atoms with Gasteiger partial charge in [-0.3, -0.25) is 0 Å². The molecule has 2 rings (SSSR count).